The molecule has 1 aliphatic rings. The van der Waals surface area contributed by atoms with E-state index >= 15 is 0 Å². The number of nitrogens with zero attached hydrogens (tertiary/aromatic N) is 2. The summed E-state index contributed by atoms with van der Waals surface area (Å²) < 4.78 is 0. The summed E-state index contributed by atoms with van der Waals surface area (Å²) in [6.45, 7) is 3.48. The Balaban J connectivity index is 1.84. The van der Waals surface area contributed by atoms with Gasteiger partial charge in [0.05, 0.1) is 19.0 Å². The number of rotatable bonds is 7. The number of primary amides is 1. The van der Waals surface area contributed by atoms with Gasteiger partial charge in [-0.2, -0.15) is 0 Å². The zero-order valence-electron chi connectivity index (χ0n) is 15.5. The smallest absolute Gasteiger partial charge is 0.243 e. The van der Waals surface area contributed by atoms with E-state index in [0.717, 1.165) is 37.1 Å². The van der Waals surface area contributed by atoms with Crippen molar-refractivity contribution in [3.05, 3.63) is 29.8 Å². The average molecular weight is 360 g/mol. The van der Waals surface area contributed by atoms with Crippen molar-refractivity contribution in [3.63, 3.8) is 0 Å². The van der Waals surface area contributed by atoms with E-state index < -0.39 is 0 Å². The fourth-order valence-electron chi connectivity index (χ4n) is 3.19. The lowest BCUT2D eigenvalue weighted by Crippen LogP contribution is -2.47. The van der Waals surface area contributed by atoms with Crippen LogP contribution in [0.3, 0.4) is 0 Å². The standard InChI is InChI=1S/C19H28N4O3/c1-3-14-7-4-5-9-16(14)21-17(24)12-22(2)18(25)13-23-10-6-8-15(11-23)19(20)26/h4-5,7,9,15H,3,6,8,10-13H2,1-2H3,(H2,20,26)(H,21,24)/t15-/m1/s1. The van der Waals surface area contributed by atoms with Crippen LogP contribution in [0.4, 0.5) is 5.69 Å². The summed E-state index contributed by atoms with van der Waals surface area (Å²) in [5, 5.41) is 2.87. The van der Waals surface area contributed by atoms with E-state index in [9.17, 15) is 14.4 Å². The van der Waals surface area contributed by atoms with Crippen molar-refractivity contribution < 1.29 is 14.4 Å². The quantitative estimate of drug-likeness (QED) is 0.753. The van der Waals surface area contributed by atoms with Crippen LogP contribution in [0.2, 0.25) is 0 Å². The lowest BCUT2D eigenvalue weighted by atomic mass is 9.97. The highest BCUT2D eigenvalue weighted by Gasteiger charge is 2.26. The predicted molar refractivity (Wildman–Crippen MR) is 100 cm³/mol. The number of likely N-dealkylation sites (tertiary alicyclic amines) is 1. The number of hydrogen-bond acceptors (Lipinski definition) is 4. The Bertz CT molecular complexity index is 662. The van der Waals surface area contributed by atoms with E-state index in [1.54, 1.807) is 7.05 Å². The molecule has 2 rings (SSSR count). The van der Waals surface area contributed by atoms with Crippen LogP contribution in [0.5, 0.6) is 0 Å². The van der Waals surface area contributed by atoms with Crippen LogP contribution in [0, 0.1) is 5.92 Å². The van der Waals surface area contributed by atoms with Crippen LogP contribution in [0.15, 0.2) is 24.3 Å². The Labute approximate surface area is 154 Å². The van der Waals surface area contributed by atoms with Crippen LogP contribution in [-0.2, 0) is 20.8 Å². The highest BCUT2D eigenvalue weighted by Crippen LogP contribution is 2.16. The number of carbonyl (C=O) groups excluding carboxylic acids is 3. The number of piperidine rings is 1. The second-order valence-corrected chi connectivity index (χ2v) is 6.79. The second-order valence-electron chi connectivity index (χ2n) is 6.79. The predicted octanol–water partition coefficient (Wildman–Crippen LogP) is 0.843. The molecule has 7 nitrogen and oxygen atoms in total. The maximum absolute atomic E-state index is 12.4. The van der Waals surface area contributed by atoms with E-state index in [1.165, 1.54) is 4.90 Å². The lowest BCUT2D eigenvalue weighted by molar-refractivity contribution is -0.135. The lowest BCUT2D eigenvalue weighted by Gasteiger charge is -2.31. The number of para-hydroxylation sites is 1. The minimum absolute atomic E-state index is 0.00995. The molecule has 1 aromatic rings. The fraction of sp³-hybridized carbons (Fsp3) is 0.526. The van der Waals surface area contributed by atoms with Gasteiger partial charge in [0.2, 0.25) is 17.7 Å². The first-order valence-electron chi connectivity index (χ1n) is 9.04. The number of likely N-dealkylation sites (N-methyl/N-ethyl adjacent to an activating group) is 1. The molecule has 1 aliphatic heterocycles. The van der Waals surface area contributed by atoms with Gasteiger partial charge in [-0.3, -0.25) is 19.3 Å². The van der Waals surface area contributed by atoms with Crippen molar-refractivity contribution in [2.45, 2.75) is 26.2 Å². The van der Waals surface area contributed by atoms with E-state index in [2.05, 4.69) is 5.32 Å². The Morgan fingerprint density at radius 3 is 2.73 bits per heavy atom. The highest BCUT2D eigenvalue weighted by atomic mass is 16.2. The number of carbonyl (C=O) groups is 3. The third-order valence-corrected chi connectivity index (χ3v) is 4.75. The monoisotopic (exact) mass is 360 g/mol. The molecule has 0 bridgehead atoms. The van der Waals surface area contributed by atoms with Gasteiger partial charge in [-0.1, -0.05) is 25.1 Å². The van der Waals surface area contributed by atoms with Crippen molar-refractivity contribution >= 4 is 23.4 Å². The van der Waals surface area contributed by atoms with Crippen LogP contribution >= 0.6 is 0 Å². The number of nitrogens with two attached hydrogens (primary N) is 1. The van der Waals surface area contributed by atoms with Gasteiger partial charge in [-0.25, -0.2) is 0 Å². The molecule has 0 saturated carbocycles. The normalized spacial score (nSPS) is 17.5. The van der Waals surface area contributed by atoms with Gasteiger partial charge in [0.25, 0.3) is 0 Å². The number of benzene rings is 1. The van der Waals surface area contributed by atoms with E-state index in [-0.39, 0.29) is 36.7 Å². The van der Waals surface area contributed by atoms with Gasteiger partial charge >= 0.3 is 0 Å². The van der Waals surface area contributed by atoms with Gasteiger partial charge in [0.1, 0.15) is 0 Å². The highest BCUT2D eigenvalue weighted by molar-refractivity contribution is 5.95. The first kappa shape index (κ1) is 19.9. The summed E-state index contributed by atoms with van der Waals surface area (Å²) in [6, 6.07) is 7.63. The van der Waals surface area contributed by atoms with Crippen LogP contribution in [-0.4, -0.2) is 60.7 Å². The summed E-state index contributed by atoms with van der Waals surface area (Å²) in [6.07, 6.45) is 2.44. The molecule has 1 saturated heterocycles. The van der Waals surface area contributed by atoms with Crippen molar-refractivity contribution in [1.82, 2.24) is 9.80 Å². The van der Waals surface area contributed by atoms with Gasteiger partial charge in [0.15, 0.2) is 0 Å². The average Bonchev–Trinajstić information content (AvgIpc) is 2.62. The Morgan fingerprint density at radius 2 is 2.04 bits per heavy atom. The van der Waals surface area contributed by atoms with Crippen molar-refractivity contribution in [2.75, 3.05) is 38.5 Å². The zero-order chi connectivity index (χ0) is 19.1. The third-order valence-electron chi connectivity index (χ3n) is 4.75. The first-order chi connectivity index (χ1) is 12.4. The number of nitrogens with one attached hydrogen (secondary N) is 1. The van der Waals surface area contributed by atoms with Crippen LogP contribution in [0.1, 0.15) is 25.3 Å². The molecular weight excluding hydrogens is 332 g/mol. The van der Waals surface area contributed by atoms with Crippen LogP contribution in [0.25, 0.3) is 0 Å². The summed E-state index contributed by atoms with van der Waals surface area (Å²) in [7, 11) is 1.61. The molecule has 3 amide bonds. The number of anilines is 1. The van der Waals surface area contributed by atoms with Gasteiger partial charge < -0.3 is 16.0 Å². The van der Waals surface area contributed by atoms with Gasteiger partial charge in [-0.05, 0) is 37.4 Å². The summed E-state index contributed by atoms with van der Waals surface area (Å²) in [4.78, 5) is 39.3. The minimum atomic E-state index is -0.315. The maximum atomic E-state index is 12.4. The molecular formula is C19H28N4O3. The summed E-state index contributed by atoms with van der Waals surface area (Å²) >= 11 is 0. The van der Waals surface area contributed by atoms with Crippen molar-refractivity contribution in [3.8, 4) is 0 Å². The van der Waals surface area contributed by atoms with Crippen molar-refractivity contribution in [2.24, 2.45) is 11.7 Å². The van der Waals surface area contributed by atoms with E-state index in [4.69, 9.17) is 5.73 Å². The Hall–Kier alpha value is -2.41. The van der Waals surface area contributed by atoms with Crippen molar-refractivity contribution in [1.29, 1.82) is 0 Å². The van der Waals surface area contributed by atoms with Gasteiger partial charge in [0, 0.05) is 19.3 Å². The molecule has 0 unspecified atom stereocenters. The molecule has 1 atom stereocenters. The number of amides is 3. The molecule has 7 heteroatoms. The molecule has 1 heterocycles. The molecule has 0 spiro atoms. The Kier molecular flexibility index (Phi) is 7.15. The van der Waals surface area contributed by atoms with Crippen LogP contribution < -0.4 is 11.1 Å². The molecule has 0 aromatic heterocycles. The minimum Gasteiger partial charge on any atom is -0.369 e. The topological polar surface area (TPSA) is 95.7 Å². The summed E-state index contributed by atoms with van der Waals surface area (Å²) in [5.74, 6) is -0.885. The molecule has 142 valence electrons. The Morgan fingerprint density at radius 1 is 1.31 bits per heavy atom. The summed E-state index contributed by atoms with van der Waals surface area (Å²) in [5.41, 5.74) is 7.20. The second kappa shape index (κ2) is 9.33. The molecule has 3 N–H and O–H groups in total. The van der Waals surface area contributed by atoms with E-state index in [1.807, 2.05) is 36.1 Å². The molecule has 0 aliphatic carbocycles. The van der Waals surface area contributed by atoms with Gasteiger partial charge in [-0.15, -0.1) is 0 Å². The number of aryl methyl sites for hydroxylation is 1. The van der Waals surface area contributed by atoms with E-state index in [0.29, 0.717) is 6.54 Å². The molecule has 26 heavy (non-hydrogen) atoms. The molecule has 1 aromatic carbocycles. The number of hydrogen-bond donors (Lipinski definition) is 2. The zero-order valence-corrected chi connectivity index (χ0v) is 15.5. The molecule has 0 radical (unpaired) electrons. The maximum Gasteiger partial charge on any atom is 0.243 e. The third kappa shape index (κ3) is 5.56. The first-order valence-corrected chi connectivity index (χ1v) is 9.04. The largest absolute Gasteiger partial charge is 0.369 e. The fourth-order valence-corrected chi connectivity index (χ4v) is 3.19. The molecule has 1 fully saturated rings. The SMILES string of the molecule is CCc1ccccc1NC(=O)CN(C)C(=O)CN1CCC[C@@H](C(N)=O)C1.